The van der Waals surface area contributed by atoms with Crippen LogP contribution in [0.4, 0.5) is 4.79 Å². The highest BCUT2D eigenvalue weighted by Crippen LogP contribution is 2.36. The number of urea groups is 1. The van der Waals surface area contributed by atoms with Crippen molar-refractivity contribution in [3.63, 3.8) is 0 Å². The third kappa shape index (κ3) is 7.68. The number of ether oxygens (including phenoxy) is 4. The number of rotatable bonds is 11. The van der Waals surface area contributed by atoms with Gasteiger partial charge in [-0.2, -0.15) is 5.10 Å². The largest absolute Gasteiger partial charge is 0.497 e. The molecular formula is C30H41N5O6. The summed E-state index contributed by atoms with van der Waals surface area (Å²) in [4.78, 5) is 30.9. The first kappa shape index (κ1) is 30.1. The van der Waals surface area contributed by atoms with Gasteiger partial charge in [-0.15, -0.1) is 0 Å². The molecule has 41 heavy (non-hydrogen) atoms. The van der Waals surface area contributed by atoms with Gasteiger partial charge in [0.25, 0.3) is 5.91 Å². The van der Waals surface area contributed by atoms with Crippen LogP contribution in [0.15, 0.2) is 47.6 Å². The van der Waals surface area contributed by atoms with Crippen LogP contribution in [0.5, 0.6) is 17.2 Å². The van der Waals surface area contributed by atoms with E-state index in [2.05, 4.69) is 10.2 Å². The Bertz CT molecular complexity index is 1210. The maximum atomic E-state index is 13.9. The molecule has 0 aliphatic carbocycles. The van der Waals surface area contributed by atoms with Gasteiger partial charge in [0.1, 0.15) is 23.8 Å². The molecule has 4 rings (SSSR count). The first-order chi connectivity index (χ1) is 19.8. The van der Waals surface area contributed by atoms with E-state index < -0.39 is 0 Å². The third-order valence-electron chi connectivity index (χ3n) is 7.20. The number of hydrazone groups is 1. The molecule has 0 saturated carbocycles. The lowest BCUT2D eigenvalue weighted by Crippen LogP contribution is -2.50. The highest BCUT2D eigenvalue weighted by atomic mass is 16.5. The minimum atomic E-state index is -0.357. The number of nitrogens with zero attached hydrogens (tertiary/aromatic N) is 4. The fourth-order valence-electron chi connectivity index (χ4n) is 4.94. The number of benzene rings is 2. The number of hydrogen-bond acceptors (Lipinski definition) is 8. The zero-order valence-electron chi connectivity index (χ0n) is 24.6. The van der Waals surface area contributed by atoms with E-state index in [9.17, 15) is 9.59 Å². The number of nitrogens with one attached hydrogen (secondary N) is 1. The molecular weight excluding hydrogens is 526 g/mol. The number of morpholine rings is 1. The molecule has 2 aromatic carbocycles. The van der Waals surface area contributed by atoms with Crippen molar-refractivity contribution in [1.82, 2.24) is 20.1 Å². The van der Waals surface area contributed by atoms with Crippen molar-refractivity contribution in [2.75, 3.05) is 67.3 Å². The van der Waals surface area contributed by atoms with Crippen LogP contribution < -0.4 is 19.5 Å². The van der Waals surface area contributed by atoms with E-state index >= 15 is 0 Å². The van der Waals surface area contributed by atoms with Gasteiger partial charge in [-0.1, -0.05) is 12.1 Å². The van der Waals surface area contributed by atoms with Gasteiger partial charge in [0, 0.05) is 50.3 Å². The van der Waals surface area contributed by atoms with Gasteiger partial charge in [-0.25, -0.2) is 9.80 Å². The number of amides is 3. The number of hydrogen-bond donors (Lipinski definition) is 1. The van der Waals surface area contributed by atoms with E-state index in [1.54, 1.807) is 32.3 Å². The lowest BCUT2D eigenvalue weighted by molar-refractivity contribution is -0.133. The second-order valence-corrected chi connectivity index (χ2v) is 10.3. The monoisotopic (exact) mass is 567 g/mol. The summed E-state index contributed by atoms with van der Waals surface area (Å²) in [6, 6.07) is 12.5. The Labute approximate surface area is 242 Å². The van der Waals surface area contributed by atoms with E-state index in [1.165, 1.54) is 5.01 Å². The molecule has 1 N–H and O–H groups in total. The lowest BCUT2D eigenvalue weighted by Gasteiger charge is -2.31. The number of carbonyl (C=O) groups is 2. The molecule has 11 heteroatoms. The molecule has 0 aromatic heterocycles. The van der Waals surface area contributed by atoms with Gasteiger partial charge in [-0.05, 0) is 43.7 Å². The molecule has 2 aliphatic rings. The maximum absolute atomic E-state index is 13.9. The van der Waals surface area contributed by atoms with Crippen LogP contribution in [0.2, 0.25) is 0 Å². The summed E-state index contributed by atoms with van der Waals surface area (Å²) in [5.74, 6) is 1.72. The Hall–Kier alpha value is -3.83. The highest BCUT2D eigenvalue weighted by molar-refractivity contribution is 6.05. The first-order valence-electron chi connectivity index (χ1n) is 13.9. The Balaban J connectivity index is 1.61. The fraction of sp³-hybridized carbons (Fsp3) is 0.500. The molecule has 222 valence electrons. The minimum absolute atomic E-state index is 0.0607. The molecule has 0 radical (unpaired) electrons. The predicted molar refractivity (Wildman–Crippen MR) is 156 cm³/mol. The van der Waals surface area contributed by atoms with E-state index in [4.69, 9.17) is 24.0 Å². The van der Waals surface area contributed by atoms with E-state index in [-0.39, 0.29) is 30.6 Å². The van der Waals surface area contributed by atoms with Gasteiger partial charge in [0.05, 0.1) is 46.3 Å². The molecule has 11 nitrogen and oxygen atoms in total. The van der Waals surface area contributed by atoms with Crippen LogP contribution in [0.3, 0.4) is 0 Å². The molecule has 2 aliphatic heterocycles. The van der Waals surface area contributed by atoms with Crippen molar-refractivity contribution in [1.29, 1.82) is 0 Å². The van der Waals surface area contributed by atoms with Crippen molar-refractivity contribution in [2.45, 2.75) is 32.4 Å². The summed E-state index contributed by atoms with van der Waals surface area (Å²) < 4.78 is 21.8. The van der Waals surface area contributed by atoms with Gasteiger partial charge in [0.2, 0.25) is 0 Å². The van der Waals surface area contributed by atoms with Crippen molar-refractivity contribution in [2.24, 2.45) is 5.10 Å². The van der Waals surface area contributed by atoms with Crippen LogP contribution >= 0.6 is 0 Å². The minimum Gasteiger partial charge on any atom is -0.497 e. The van der Waals surface area contributed by atoms with Crippen molar-refractivity contribution in [3.8, 4) is 17.2 Å². The molecule has 2 aromatic rings. The zero-order chi connectivity index (χ0) is 29.4. The highest BCUT2D eigenvalue weighted by Gasteiger charge is 2.35. The SMILES string of the molecule is COc1ccc([C@@H]2CC(c3ccc(OC)cc3OC)=NN2C(=O)CN(CCN2CCOCC2)C(=O)NC(C)C)cc1. The van der Waals surface area contributed by atoms with E-state index in [0.717, 1.165) is 30.0 Å². The lowest BCUT2D eigenvalue weighted by atomic mass is 9.97. The maximum Gasteiger partial charge on any atom is 0.318 e. The molecule has 1 atom stereocenters. The van der Waals surface area contributed by atoms with Crippen LogP contribution in [-0.4, -0.2) is 106 Å². The topological polar surface area (TPSA) is 105 Å². The van der Waals surface area contributed by atoms with Crippen molar-refractivity contribution < 1.29 is 28.5 Å². The first-order valence-corrected chi connectivity index (χ1v) is 13.9. The van der Waals surface area contributed by atoms with Crippen LogP contribution in [0.1, 0.15) is 37.4 Å². The predicted octanol–water partition coefficient (Wildman–Crippen LogP) is 3.14. The Morgan fingerprint density at radius 1 is 1.02 bits per heavy atom. The quantitative estimate of drug-likeness (QED) is 0.445. The number of carbonyl (C=O) groups excluding carboxylic acids is 2. The molecule has 2 heterocycles. The summed E-state index contributed by atoms with van der Waals surface area (Å²) in [6.45, 7) is 7.70. The summed E-state index contributed by atoms with van der Waals surface area (Å²) in [6.07, 6.45) is 0.479. The van der Waals surface area contributed by atoms with E-state index in [1.807, 2.05) is 50.2 Å². The summed E-state index contributed by atoms with van der Waals surface area (Å²) >= 11 is 0. The number of methoxy groups -OCH3 is 3. The van der Waals surface area contributed by atoms with Crippen LogP contribution in [0, 0.1) is 0 Å². The molecule has 0 spiro atoms. The van der Waals surface area contributed by atoms with Gasteiger partial charge in [-0.3, -0.25) is 9.69 Å². The standard InChI is InChI=1S/C30H41N5O6/c1-21(2)31-30(37)34(13-12-33-14-16-41-17-15-33)20-29(36)35-27(22-6-8-23(38-3)9-7-22)19-26(32-35)25-11-10-24(39-4)18-28(25)40-5/h6-11,18,21,27H,12-17,19-20H2,1-5H3,(H,31,37)/t27-/m0/s1. The smallest absolute Gasteiger partial charge is 0.318 e. The molecule has 1 fully saturated rings. The Morgan fingerprint density at radius 3 is 2.34 bits per heavy atom. The molecule has 3 amide bonds. The second kappa shape index (κ2) is 14.2. The third-order valence-corrected chi connectivity index (χ3v) is 7.20. The summed E-state index contributed by atoms with van der Waals surface area (Å²) in [5.41, 5.74) is 2.41. The second-order valence-electron chi connectivity index (χ2n) is 10.3. The van der Waals surface area contributed by atoms with Crippen LogP contribution in [-0.2, 0) is 9.53 Å². The summed E-state index contributed by atoms with van der Waals surface area (Å²) in [7, 11) is 4.81. The zero-order valence-corrected chi connectivity index (χ0v) is 24.6. The summed E-state index contributed by atoms with van der Waals surface area (Å²) in [5, 5.41) is 9.25. The molecule has 1 saturated heterocycles. The molecule has 0 unspecified atom stereocenters. The van der Waals surface area contributed by atoms with Crippen LogP contribution in [0.25, 0.3) is 0 Å². The average Bonchev–Trinajstić information content (AvgIpc) is 3.44. The Morgan fingerprint density at radius 2 is 1.71 bits per heavy atom. The Kier molecular flexibility index (Phi) is 10.4. The normalized spacial score (nSPS) is 17.3. The van der Waals surface area contributed by atoms with E-state index in [0.29, 0.717) is 49.9 Å². The van der Waals surface area contributed by atoms with Gasteiger partial charge in [0.15, 0.2) is 0 Å². The van der Waals surface area contributed by atoms with Crippen molar-refractivity contribution >= 4 is 17.6 Å². The van der Waals surface area contributed by atoms with Gasteiger partial charge < -0.3 is 29.2 Å². The molecule has 0 bridgehead atoms. The average molecular weight is 568 g/mol. The fourth-order valence-corrected chi connectivity index (χ4v) is 4.94. The van der Waals surface area contributed by atoms with Gasteiger partial charge >= 0.3 is 6.03 Å². The van der Waals surface area contributed by atoms with Crippen molar-refractivity contribution in [3.05, 3.63) is 53.6 Å².